The lowest BCUT2D eigenvalue weighted by Crippen LogP contribution is -2.38. The molecule has 3 atom stereocenters. The molecule has 164 valence electrons. The predicted molar refractivity (Wildman–Crippen MR) is 128 cm³/mol. The first-order valence-electron chi connectivity index (χ1n) is 11.0. The summed E-state index contributed by atoms with van der Waals surface area (Å²) in [5.41, 5.74) is 4.08. The molecule has 2 aromatic carbocycles. The van der Waals surface area contributed by atoms with Crippen LogP contribution in [-0.2, 0) is 4.74 Å². The molecule has 1 heterocycles. The molecule has 0 radical (unpaired) electrons. The molecular weight excluding hydrogens is 426 g/mol. The lowest BCUT2D eigenvalue weighted by Gasteiger charge is -2.41. The number of benzene rings is 2. The molecular formula is C29H19NO4. The Morgan fingerprint density at radius 2 is 1.68 bits per heavy atom. The monoisotopic (exact) mass is 445 g/mol. The molecule has 34 heavy (non-hydrogen) atoms. The van der Waals surface area contributed by atoms with Crippen molar-refractivity contribution in [1.82, 2.24) is 0 Å². The van der Waals surface area contributed by atoms with Crippen molar-refractivity contribution >= 4 is 17.3 Å². The van der Waals surface area contributed by atoms with Gasteiger partial charge >= 0.3 is 0 Å². The van der Waals surface area contributed by atoms with Crippen LogP contribution in [0.4, 0.5) is 5.69 Å². The van der Waals surface area contributed by atoms with Crippen LogP contribution < -0.4 is 5.32 Å². The number of methoxy groups -OCH3 is 1. The first-order chi connectivity index (χ1) is 16.5. The zero-order valence-corrected chi connectivity index (χ0v) is 18.5. The number of phenolic OH excluding ortho intramolecular Hbond substituents is 1. The number of hydrogen-bond donors (Lipinski definition) is 2. The molecule has 0 aromatic heterocycles. The molecule has 5 heteroatoms. The zero-order valence-electron chi connectivity index (χ0n) is 18.5. The number of ketones is 2. The van der Waals surface area contributed by atoms with E-state index in [4.69, 9.17) is 4.74 Å². The van der Waals surface area contributed by atoms with Crippen molar-refractivity contribution in [2.45, 2.75) is 18.9 Å². The second-order valence-corrected chi connectivity index (χ2v) is 8.65. The minimum absolute atomic E-state index is 0.0266. The van der Waals surface area contributed by atoms with Crippen molar-refractivity contribution in [3.05, 3.63) is 93.3 Å². The van der Waals surface area contributed by atoms with Gasteiger partial charge in [0.2, 0.25) is 0 Å². The number of rotatable bonds is 1. The summed E-state index contributed by atoms with van der Waals surface area (Å²) >= 11 is 0. The fourth-order valence-electron chi connectivity index (χ4n) is 5.45. The molecule has 0 fully saturated rings. The first-order valence-corrected chi connectivity index (χ1v) is 11.0. The van der Waals surface area contributed by atoms with Gasteiger partial charge in [-0.3, -0.25) is 9.59 Å². The zero-order chi connectivity index (χ0) is 23.6. The van der Waals surface area contributed by atoms with Gasteiger partial charge in [0.05, 0.1) is 29.8 Å². The molecule has 2 N–H and O–H groups in total. The van der Waals surface area contributed by atoms with Gasteiger partial charge in [0.25, 0.3) is 0 Å². The van der Waals surface area contributed by atoms with Crippen LogP contribution in [0.25, 0.3) is 0 Å². The van der Waals surface area contributed by atoms with Crippen LogP contribution >= 0.6 is 0 Å². The van der Waals surface area contributed by atoms with Crippen LogP contribution in [0.5, 0.6) is 5.75 Å². The topological polar surface area (TPSA) is 75.6 Å². The molecule has 6 rings (SSSR count). The number of carbonyl (C=O) groups is 2. The quantitative estimate of drug-likeness (QED) is 0.436. The van der Waals surface area contributed by atoms with Gasteiger partial charge in [-0.05, 0) is 47.9 Å². The van der Waals surface area contributed by atoms with Gasteiger partial charge in [0.15, 0.2) is 11.6 Å². The number of aromatic hydroxyl groups is 1. The summed E-state index contributed by atoms with van der Waals surface area (Å²) in [4.78, 5) is 27.0. The highest BCUT2D eigenvalue weighted by Crippen LogP contribution is 2.52. The average molecular weight is 445 g/mol. The van der Waals surface area contributed by atoms with Crippen LogP contribution in [0.2, 0.25) is 0 Å². The Morgan fingerprint density at radius 3 is 2.38 bits per heavy atom. The third-order valence-corrected chi connectivity index (χ3v) is 6.88. The smallest absolute Gasteiger partial charge is 0.198 e. The predicted octanol–water partition coefficient (Wildman–Crippen LogP) is 4.10. The third-order valence-electron chi connectivity index (χ3n) is 6.88. The Morgan fingerprint density at radius 1 is 1.00 bits per heavy atom. The van der Waals surface area contributed by atoms with E-state index in [2.05, 4.69) is 29.0 Å². The van der Waals surface area contributed by atoms with E-state index in [-0.39, 0.29) is 40.3 Å². The van der Waals surface area contributed by atoms with Gasteiger partial charge in [-0.1, -0.05) is 47.9 Å². The van der Waals surface area contributed by atoms with E-state index < -0.39 is 6.04 Å². The van der Waals surface area contributed by atoms with Crippen LogP contribution in [0, 0.1) is 29.6 Å². The van der Waals surface area contributed by atoms with Crippen molar-refractivity contribution in [2.75, 3.05) is 12.4 Å². The molecule has 0 spiro atoms. The standard InChI is InChI=1S/C29H19NO4/c1-15-13-22(34-2)18-11-5-3-4-6-12-20-23(15)24(18)19-14-21(31)25-26(27(19)30-20)29(33)17-10-8-7-9-16(17)28(25)32/h3-4,7-10,13-14,18,20,24,30-31H,1-2H3/b4-3-/t18-,20+,24+/m1/s1. The largest absolute Gasteiger partial charge is 0.507 e. The summed E-state index contributed by atoms with van der Waals surface area (Å²) < 4.78 is 5.71. The SMILES string of the molecule is COC1=CC(C)=C2[C@@H]3C#C/C=C\C#C[C@H]1[C@H]2c1cc(O)c2c(c1N3)C(=O)c1ccccc1C2=O. The Labute approximate surface area is 196 Å². The number of anilines is 1. The summed E-state index contributed by atoms with van der Waals surface area (Å²) in [5, 5.41) is 14.5. The maximum absolute atomic E-state index is 13.7. The van der Waals surface area contributed by atoms with Crippen LogP contribution in [0.3, 0.4) is 0 Å². The van der Waals surface area contributed by atoms with Gasteiger partial charge in [0.1, 0.15) is 17.6 Å². The van der Waals surface area contributed by atoms with E-state index in [1.54, 1.807) is 49.6 Å². The lowest BCUT2D eigenvalue weighted by molar-refractivity contribution is 0.0977. The molecule has 0 saturated heterocycles. The maximum Gasteiger partial charge on any atom is 0.198 e. The van der Waals surface area contributed by atoms with Gasteiger partial charge in [-0.15, -0.1) is 0 Å². The van der Waals surface area contributed by atoms with Gasteiger partial charge in [-0.25, -0.2) is 0 Å². The summed E-state index contributed by atoms with van der Waals surface area (Å²) in [6.45, 7) is 2.00. The van der Waals surface area contributed by atoms with Crippen LogP contribution in [0.15, 0.2) is 65.5 Å². The number of allylic oxidation sites excluding steroid dienone is 5. The van der Waals surface area contributed by atoms with Gasteiger partial charge in [0, 0.05) is 17.0 Å². The highest BCUT2D eigenvalue weighted by Gasteiger charge is 2.45. The minimum Gasteiger partial charge on any atom is -0.507 e. The fraction of sp³-hybridized carbons (Fsp3) is 0.172. The van der Waals surface area contributed by atoms with Crippen LogP contribution in [-0.4, -0.2) is 29.8 Å². The third kappa shape index (κ3) is 2.65. The second-order valence-electron chi connectivity index (χ2n) is 8.65. The molecule has 4 aliphatic rings. The summed E-state index contributed by atoms with van der Waals surface area (Å²) in [6, 6.07) is 7.91. The number of hydrogen-bond acceptors (Lipinski definition) is 5. The Hall–Kier alpha value is -4.48. The Bertz CT molecular complexity index is 1550. The Kier molecular flexibility index (Phi) is 4.31. The molecule has 0 saturated carbocycles. The first kappa shape index (κ1) is 20.1. The molecule has 2 aromatic rings. The fourth-order valence-corrected chi connectivity index (χ4v) is 5.45. The van der Waals surface area contributed by atoms with E-state index in [9.17, 15) is 14.7 Å². The van der Waals surface area contributed by atoms with E-state index in [0.29, 0.717) is 28.1 Å². The number of fused-ring (bicyclic) bond motifs is 4. The van der Waals surface area contributed by atoms with Crippen molar-refractivity contribution in [1.29, 1.82) is 0 Å². The molecule has 5 nitrogen and oxygen atoms in total. The molecule has 1 aliphatic heterocycles. The maximum atomic E-state index is 13.7. The molecule has 0 amide bonds. The van der Waals surface area contributed by atoms with E-state index in [1.165, 1.54) is 0 Å². The van der Waals surface area contributed by atoms with Gasteiger partial charge in [-0.2, -0.15) is 0 Å². The molecule has 4 bridgehead atoms. The van der Waals surface area contributed by atoms with E-state index >= 15 is 0 Å². The van der Waals surface area contributed by atoms with Gasteiger partial charge < -0.3 is 15.2 Å². The summed E-state index contributed by atoms with van der Waals surface area (Å²) in [6.07, 6.45) is 5.38. The summed E-state index contributed by atoms with van der Waals surface area (Å²) in [7, 11) is 1.61. The van der Waals surface area contributed by atoms with Crippen LogP contribution in [0.1, 0.15) is 50.2 Å². The molecule has 3 aliphatic carbocycles. The van der Waals surface area contributed by atoms with Crippen molar-refractivity contribution < 1.29 is 19.4 Å². The second kappa shape index (κ2) is 7.27. The highest BCUT2D eigenvalue weighted by atomic mass is 16.5. The number of nitrogens with one attached hydrogen (secondary N) is 1. The minimum atomic E-state index is -0.395. The molecule has 0 unspecified atom stereocenters. The average Bonchev–Trinajstić information content (AvgIpc) is 2.84. The van der Waals surface area contributed by atoms with Crippen molar-refractivity contribution in [3.63, 3.8) is 0 Å². The summed E-state index contributed by atoms with van der Waals surface area (Å²) in [5.74, 6) is 11.8. The lowest BCUT2D eigenvalue weighted by atomic mass is 9.67. The number of phenols is 1. The normalized spacial score (nSPS) is 24.1. The van der Waals surface area contributed by atoms with E-state index in [0.717, 1.165) is 11.1 Å². The van der Waals surface area contributed by atoms with E-state index in [1.807, 2.05) is 13.0 Å². The van der Waals surface area contributed by atoms with Crippen molar-refractivity contribution in [2.24, 2.45) is 5.92 Å². The number of carbonyl (C=O) groups excluding carboxylic acids is 2. The van der Waals surface area contributed by atoms with Crippen molar-refractivity contribution in [3.8, 4) is 29.4 Å². The number of ether oxygens (including phenoxy) is 1. The highest BCUT2D eigenvalue weighted by molar-refractivity contribution is 6.31. The Balaban J connectivity index is 1.68.